The van der Waals surface area contributed by atoms with Gasteiger partial charge < -0.3 is 25.3 Å². The number of hydrogen-bond donors (Lipinski definition) is 2. The molecular formula is C15H18N2O3. The molecule has 3 rings (SSSR count). The third-order valence-electron chi connectivity index (χ3n) is 3.21. The van der Waals surface area contributed by atoms with E-state index in [9.17, 15) is 0 Å². The summed E-state index contributed by atoms with van der Waals surface area (Å²) in [6.07, 6.45) is 7.41. The van der Waals surface area contributed by atoms with E-state index in [0.29, 0.717) is 25.4 Å². The topological polar surface area (TPSA) is 65.7 Å². The standard InChI is InChI=1S/C15H18N2O3/c16-11-4-5-15-14(7-11)17-8-13(10-20-15)19-9-12-3-1-2-6-18-12/h1-7,12-13,17H,8-10,16H2/t12-,13-/m0/s1. The average molecular weight is 274 g/mol. The molecule has 3 N–H and O–H groups in total. The molecule has 2 aliphatic heterocycles. The summed E-state index contributed by atoms with van der Waals surface area (Å²) in [4.78, 5) is 0. The van der Waals surface area contributed by atoms with Gasteiger partial charge in [0.1, 0.15) is 24.6 Å². The lowest BCUT2D eigenvalue weighted by Gasteiger charge is -2.20. The normalized spacial score (nSPS) is 24.0. The molecule has 1 aromatic rings. The van der Waals surface area contributed by atoms with Gasteiger partial charge in [0.2, 0.25) is 0 Å². The SMILES string of the molecule is Nc1ccc2c(c1)NC[C@H](OC[C@@H]1C=CC=CO1)CO2. The van der Waals surface area contributed by atoms with Crippen molar-refractivity contribution in [1.29, 1.82) is 0 Å². The summed E-state index contributed by atoms with van der Waals surface area (Å²) in [6.45, 7) is 1.70. The molecular weight excluding hydrogens is 256 g/mol. The fourth-order valence-electron chi connectivity index (χ4n) is 2.13. The molecule has 0 radical (unpaired) electrons. The fourth-order valence-corrected chi connectivity index (χ4v) is 2.13. The molecule has 0 saturated carbocycles. The van der Waals surface area contributed by atoms with Crippen LogP contribution in [0.3, 0.4) is 0 Å². The maximum atomic E-state index is 5.83. The van der Waals surface area contributed by atoms with Crippen LogP contribution in [0.2, 0.25) is 0 Å². The Morgan fingerprint density at radius 3 is 3.15 bits per heavy atom. The second kappa shape index (κ2) is 5.88. The zero-order valence-electron chi connectivity index (χ0n) is 11.1. The van der Waals surface area contributed by atoms with E-state index >= 15 is 0 Å². The number of allylic oxidation sites excluding steroid dienone is 2. The van der Waals surface area contributed by atoms with Crippen molar-refractivity contribution in [1.82, 2.24) is 0 Å². The van der Waals surface area contributed by atoms with Crippen molar-refractivity contribution < 1.29 is 14.2 Å². The second-order valence-electron chi connectivity index (χ2n) is 4.79. The highest BCUT2D eigenvalue weighted by Crippen LogP contribution is 2.29. The van der Waals surface area contributed by atoms with Crippen molar-refractivity contribution in [3.63, 3.8) is 0 Å². The van der Waals surface area contributed by atoms with Gasteiger partial charge in [0.05, 0.1) is 18.6 Å². The Morgan fingerprint density at radius 2 is 2.30 bits per heavy atom. The van der Waals surface area contributed by atoms with E-state index in [0.717, 1.165) is 11.4 Å². The highest BCUT2D eigenvalue weighted by Gasteiger charge is 2.19. The van der Waals surface area contributed by atoms with Crippen LogP contribution in [-0.2, 0) is 9.47 Å². The van der Waals surface area contributed by atoms with Gasteiger partial charge in [0.25, 0.3) is 0 Å². The number of anilines is 2. The molecule has 2 atom stereocenters. The van der Waals surface area contributed by atoms with Crippen molar-refractivity contribution in [2.75, 3.05) is 30.8 Å². The van der Waals surface area contributed by atoms with E-state index in [4.69, 9.17) is 19.9 Å². The van der Waals surface area contributed by atoms with E-state index in [2.05, 4.69) is 5.32 Å². The Balaban J connectivity index is 1.54. The maximum absolute atomic E-state index is 5.83. The van der Waals surface area contributed by atoms with Crippen LogP contribution < -0.4 is 15.8 Å². The van der Waals surface area contributed by atoms with Crippen molar-refractivity contribution in [2.45, 2.75) is 12.2 Å². The first-order chi connectivity index (χ1) is 9.81. The van der Waals surface area contributed by atoms with Crippen LogP contribution in [-0.4, -0.2) is 32.0 Å². The van der Waals surface area contributed by atoms with Gasteiger partial charge >= 0.3 is 0 Å². The van der Waals surface area contributed by atoms with Crippen molar-refractivity contribution in [3.8, 4) is 5.75 Å². The van der Waals surface area contributed by atoms with Crippen LogP contribution in [0.5, 0.6) is 5.75 Å². The van der Waals surface area contributed by atoms with Crippen LogP contribution in [0.25, 0.3) is 0 Å². The molecule has 106 valence electrons. The van der Waals surface area contributed by atoms with Crippen LogP contribution in [0.1, 0.15) is 0 Å². The van der Waals surface area contributed by atoms with E-state index in [1.54, 1.807) is 6.26 Å². The first-order valence-corrected chi connectivity index (χ1v) is 6.68. The van der Waals surface area contributed by atoms with Crippen molar-refractivity contribution in [3.05, 3.63) is 42.7 Å². The zero-order valence-corrected chi connectivity index (χ0v) is 11.1. The number of hydrogen-bond acceptors (Lipinski definition) is 5. The monoisotopic (exact) mass is 274 g/mol. The Morgan fingerprint density at radius 1 is 1.35 bits per heavy atom. The number of benzene rings is 1. The predicted molar refractivity (Wildman–Crippen MR) is 77.7 cm³/mol. The highest BCUT2D eigenvalue weighted by molar-refractivity contribution is 5.63. The summed E-state index contributed by atoms with van der Waals surface area (Å²) in [6, 6.07) is 5.57. The number of nitrogens with one attached hydrogen (secondary N) is 1. The smallest absolute Gasteiger partial charge is 0.142 e. The largest absolute Gasteiger partial charge is 0.492 e. The van der Waals surface area contributed by atoms with Gasteiger partial charge in [0, 0.05) is 12.2 Å². The Kier molecular flexibility index (Phi) is 3.78. The van der Waals surface area contributed by atoms with Gasteiger partial charge in [-0.25, -0.2) is 0 Å². The third-order valence-corrected chi connectivity index (χ3v) is 3.21. The third kappa shape index (κ3) is 3.05. The van der Waals surface area contributed by atoms with E-state index in [1.165, 1.54) is 0 Å². The summed E-state index contributed by atoms with van der Waals surface area (Å²) in [5.74, 6) is 0.807. The molecule has 0 aromatic heterocycles. The molecule has 5 nitrogen and oxygen atoms in total. The van der Waals surface area contributed by atoms with Crippen LogP contribution in [0, 0.1) is 0 Å². The number of fused-ring (bicyclic) bond motifs is 1. The van der Waals surface area contributed by atoms with Gasteiger partial charge in [-0.2, -0.15) is 0 Å². The minimum atomic E-state index is -0.0266. The molecule has 5 heteroatoms. The predicted octanol–water partition coefficient (Wildman–Crippen LogP) is 1.93. The summed E-state index contributed by atoms with van der Waals surface area (Å²) in [7, 11) is 0. The Hall–Kier alpha value is -2.14. The van der Waals surface area contributed by atoms with Gasteiger partial charge in [-0.3, -0.25) is 0 Å². The van der Waals surface area contributed by atoms with Gasteiger partial charge in [-0.15, -0.1) is 0 Å². The number of rotatable bonds is 3. The zero-order chi connectivity index (χ0) is 13.8. The van der Waals surface area contributed by atoms with E-state index in [1.807, 2.05) is 36.4 Å². The second-order valence-corrected chi connectivity index (χ2v) is 4.79. The van der Waals surface area contributed by atoms with Gasteiger partial charge in [-0.1, -0.05) is 6.08 Å². The Bertz CT molecular complexity index is 528. The number of nitrogen functional groups attached to an aromatic ring is 1. The van der Waals surface area contributed by atoms with Crippen molar-refractivity contribution in [2.24, 2.45) is 0 Å². The summed E-state index contributed by atoms with van der Waals surface area (Å²) >= 11 is 0. The molecule has 2 heterocycles. The van der Waals surface area contributed by atoms with Gasteiger partial charge in [-0.05, 0) is 30.4 Å². The lowest BCUT2D eigenvalue weighted by atomic mass is 10.2. The summed E-state index contributed by atoms with van der Waals surface area (Å²) in [5.41, 5.74) is 7.39. The van der Waals surface area contributed by atoms with E-state index in [-0.39, 0.29) is 12.2 Å². The average Bonchev–Trinajstić information content (AvgIpc) is 2.68. The van der Waals surface area contributed by atoms with Crippen molar-refractivity contribution >= 4 is 11.4 Å². The molecule has 1 aromatic carbocycles. The first-order valence-electron chi connectivity index (χ1n) is 6.68. The molecule has 0 saturated heterocycles. The summed E-state index contributed by atoms with van der Waals surface area (Å²) < 4.78 is 17.0. The lowest BCUT2D eigenvalue weighted by Crippen LogP contribution is -2.31. The molecule has 20 heavy (non-hydrogen) atoms. The molecule has 2 aliphatic rings. The quantitative estimate of drug-likeness (QED) is 0.824. The molecule has 0 bridgehead atoms. The fraction of sp³-hybridized carbons (Fsp3) is 0.333. The number of nitrogens with two attached hydrogens (primary N) is 1. The van der Waals surface area contributed by atoms with Crippen LogP contribution in [0.15, 0.2) is 42.7 Å². The lowest BCUT2D eigenvalue weighted by molar-refractivity contribution is -0.0108. The van der Waals surface area contributed by atoms with Crippen LogP contribution in [0.4, 0.5) is 11.4 Å². The molecule has 0 spiro atoms. The first kappa shape index (κ1) is 12.9. The number of ether oxygens (including phenoxy) is 3. The van der Waals surface area contributed by atoms with Gasteiger partial charge in [0.15, 0.2) is 0 Å². The molecule has 0 unspecified atom stereocenters. The molecule has 0 fully saturated rings. The molecule has 0 amide bonds. The van der Waals surface area contributed by atoms with E-state index < -0.39 is 0 Å². The minimum absolute atomic E-state index is 0.0217. The molecule has 0 aliphatic carbocycles. The Labute approximate surface area is 118 Å². The van der Waals surface area contributed by atoms with Crippen LogP contribution >= 0.6 is 0 Å². The minimum Gasteiger partial charge on any atom is -0.492 e. The highest BCUT2D eigenvalue weighted by atomic mass is 16.6. The summed E-state index contributed by atoms with van der Waals surface area (Å²) in [5, 5.41) is 3.30. The maximum Gasteiger partial charge on any atom is 0.142 e.